The normalized spacial score (nSPS) is 23.5. The zero-order valence-corrected chi connectivity index (χ0v) is 13.2. The molecule has 2 aromatic carbocycles. The third-order valence-corrected chi connectivity index (χ3v) is 5.96. The second-order valence-electron chi connectivity index (χ2n) is 5.62. The lowest BCUT2D eigenvalue weighted by Crippen LogP contribution is -2.35. The van der Waals surface area contributed by atoms with Crippen LogP contribution in [-0.2, 0) is 9.84 Å². The average molecular weight is 317 g/mol. The Morgan fingerprint density at radius 2 is 1.91 bits per heavy atom. The van der Waals surface area contributed by atoms with Crippen molar-refractivity contribution >= 4 is 9.84 Å². The van der Waals surface area contributed by atoms with Crippen molar-refractivity contribution in [3.05, 3.63) is 59.7 Å². The van der Waals surface area contributed by atoms with Gasteiger partial charge in [0.15, 0.2) is 9.84 Å². The molecule has 0 aromatic heterocycles. The molecule has 2 aromatic rings. The summed E-state index contributed by atoms with van der Waals surface area (Å²) in [7, 11) is -3.43. The summed E-state index contributed by atoms with van der Waals surface area (Å²) in [6, 6.07) is 14.1. The molecule has 5 heteroatoms. The van der Waals surface area contributed by atoms with E-state index in [1.165, 1.54) is 12.1 Å². The highest BCUT2D eigenvalue weighted by Crippen LogP contribution is 2.34. The molecule has 0 saturated heterocycles. The van der Waals surface area contributed by atoms with Gasteiger partial charge >= 0.3 is 0 Å². The Bertz CT molecular complexity index is 772. The molecule has 0 bridgehead atoms. The highest BCUT2D eigenvalue weighted by atomic mass is 32.2. The minimum absolute atomic E-state index is 0.0240. The summed E-state index contributed by atoms with van der Waals surface area (Å²) >= 11 is 0. The molecule has 3 rings (SSSR count). The van der Waals surface area contributed by atoms with Gasteiger partial charge < -0.3 is 10.4 Å². The first-order valence-corrected chi connectivity index (χ1v) is 9.03. The largest absolute Gasteiger partial charge is 0.508 e. The van der Waals surface area contributed by atoms with E-state index in [4.69, 9.17) is 0 Å². The molecule has 2 N–H and O–H groups in total. The number of phenolic OH excluding ortho intramolecular Hbond substituents is 1. The van der Waals surface area contributed by atoms with Gasteiger partial charge in [0, 0.05) is 6.04 Å². The molecule has 1 aliphatic heterocycles. The molecule has 1 heterocycles. The Morgan fingerprint density at radius 3 is 2.59 bits per heavy atom. The SMILES string of the molecule is CC[C@H]1CS(=O)(=O)c2cc(O)ccc2[C@@H](c2ccccc2)N1. The van der Waals surface area contributed by atoms with Crippen LogP contribution in [0.1, 0.15) is 30.5 Å². The van der Waals surface area contributed by atoms with Gasteiger partial charge in [-0.3, -0.25) is 0 Å². The van der Waals surface area contributed by atoms with Gasteiger partial charge in [-0.05, 0) is 29.7 Å². The van der Waals surface area contributed by atoms with Crippen LogP contribution in [0.25, 0.3) is 0 Å². The van der Waals surface area contributed by atoms with Crippen LogP contribution in [0.5, 0.6) is 5.75 Å². The van der Waals surface area contributed by atoms with Crippen molar-refractivity contribution in [2.75, 3.05) is 5.75 Å². The maximum Gasteiger partial charge on any atom is 0.180 e. The standard InChI is InChI=1S/C17H19NO3S/c1-2-13-11-22(20,21)16-10-14(19)8-9-15(16)17(18-13)12-6-4-3-5-7-12/h3-10,13,17-19H,2,11H2,1H3/t13-,17+/m0/s1. The molecule has 0 aliphatic carbocycles. The molecular formula is C17H19NO3S. The molecule has 0 fully saturated rings. The van der Waals surface area contributed by atoms with Crippen LogP contribution in [0.4, 0.5) is 0 Å². The van der Waals surface area contributed by atoms with E-state index in [0.29, 0.717) is 5.56 Å². The summed E-state index contributed by atoms with van der Waals surface area (Å²) in [5.41, 5.74) is 1.71. The van der Waals surface area contributed by atoms with Gasteiger partial charge in [0.1, 0.15) is 5.75 Å². The molecule has 0 unspecified atom stereocenters. The van der Waals surface area contributed by atoms with Crippen LogP contribution in [-0.4, -0.2) is 25.3 Å². The van der Waals surface area contributed by atoms with Crippen LogP contribution in [0, 0.1) is 0 Å². The Labute approximate surface area is 130 Å². The number of hydrogen-bond donors (Lipinski definition) is 2. The van der Waals surface area contributed by atoms with E-state index >= 15 is 0 Å². The molecular weight excluding hydrogens is 298 g/mol. The number of nitrogens with one attached hydrogen (secondary N) is 1. The first kappa shape index (κ1) is 15.1. The third-order valence-electron chi connectivity index (χ3n) is 4.09. The second kappa shape index (κ2) is 5.74. The predicted molar refractivity (Wildman–Crippen MR) is 85.7 cm³/mol. The zero-order chi connectivity index (χ0) is 15.7. The van der Waals surface area contributed by atoms with E-state index < -0.39 is 9.84 Å². The quantitative estimate of drug-likeness (QED) is 0.893. The number of hydrogen-bond acceptors (Lipinski definition) is 4. The van der Waals surface area contributed by atoms with Gasteiger partial charge in [-0.15, -0.1) is 0 Å². The molecule has 0 radical (unpaired) electrons. The van der Waals surface area contributed by atoms with Crippen LogP contribution >= 0.6 is 0 Å². The highest BCUT2D eigenvalue weighted by Gasteiger charge is 2.32. The van der Waals surface area contributed by atoms with Gasteiger partial charge in [-0.1, -0.05) is 43.3 Å². The summed E-state index contributed by atoms with van der Waals surface area (Å²) in [4.78, 5) is 0.227. The van der Waals surface area contributed by atoms with E-state index in [-0.39, 0.29) is 28.5 Å². The Balaban J connectivity index is 2.21. The predicted octanol–water partition coefficient (Wildman–Crippen LogP) is 2.64. The van der Waals surface area contributed by atoms with Gasteiger partial charge in [-0.25, -0.2) is 8.42 Å². The summed E-state index contributed by atoms with van der Waals surface area (Å²) in [6.45, 7) is 1.97. The van der Waals surface area contributed by atoms with E-state index in [1.807, 2.05) is 37.3 Å². The van der Waals surface area contributed by atoms with Crippen molar-refractivity contribution in [1.29, 1.82) is 0 Å². The topological polar surface area (TPSA) is 66.4 Å². The molecule has 0 amide bonds. The van der Waals surface area contributed by atoms with Crippen molar-refractivity contribution < 1.29 is 13.5 Å². The van der Waals surface area contributed by atoms with Crippen LogP contribution in [0.2, 0.25) is 0 Å². The number of aromatic hydroxyl groups is 1. The molecule has 0 saturated carbocycles. The molecule has 1 aliphatic rings. The van der Waals surface area contributed by atoms with Crippen molar-refractivity contribution in [2.45, 2.75) is 30.3 Å². The Morgan fingerprint density at radius 1 is 1.18 bits per heavy atom. The lowest BCUT2D eigenvalue weighted by atomic mass is 9.97. The van der Waals surface area contributed by atoms with Gasteiger partial charge in [0.05, 0.1) is 16.7 Å². The van der Waals surface area contributed by atoms with Crippen molar-refractivity contribution in [1.82, 2.24) is 5.32 Å². The van der Waals surface area contributed by atoms with Gasteiger partial charge in [0.2, 0.25) is 0 Å². The van der Waals surface area contributed by atoms with E-state index in [0.717, 1.165) is 12.0 Å². The van der Waals surface area contributed by atoms with Crippen molar-refractivity contribution in [2.24, 2.45) is 0 Å². The number of sulfone groups is 1. The first-order valence-electron chi connectivity index (χ1n) is 7.38. The zero-order valence-electron chi connectivity index (χ0n) is 12.4. The van der Waals surface area contributed by atoms with Gasteiger partial charge in [0.25, 0.3) is 0 Å². The molecule has 0 spiro atoms. The number of phenols is 1. The lowest BCUT2D eigenvalue weighted by molar-refractivity contribution is 0.470. The molecule has 4 nitrogen and oxygen atoms in total. The summed E-state index contributed by atoms with van der Waals surface area (Å²) in [6.07, 6.45) is 0.725. The molecule has 116 valence electrons. The number of rotatable bonds is 2. The van der Waals surface area contributed by atoms with E-state index in [1.54, 1.807) is 6.07 Å². The minimum atomic E-state index is -3.43. The lowest BCUT2D eigenvalue weighted by Gasteiger charge is -2.22. The summed E-state index contributed by atoms with van der Waals surface area (Å²) < 4.78 is 25.3. The Kier molecular flexibility index (Phi) is 3.93. The monoisotopic (exact) mass is 317 g/mol. The van der Waals surface area contributed by atoms with Crippen molar-refractivity contribution in [3.8, 4) is 5.75 Å². The molecule has 22 heavy (non-hydrogen) atoms. The smallest absolute Gasteiger partial charge is 0.180 e. The van der Waals surface area contributed by atoms with Crippen molar-refractivity contribution in [3.63, 3.8) is 0 Å². The van der Waals surface area contributed by atoms with Gasteiger partial charge in [-0.2, -0.15) is 0 Å². The maximum atomic E-state index is 12.6. The fraction of sp³-hybridized carbons (Fsp3) is 0.294. The fourth-order valence-electron chi connectivity index (χ4n) is 2.92. The van der Waals surface area contributed by atoms with E-state index in [2.05, 4.69) is 5.32 Å². The van der Waals surface area contributed by atoms with Crippen LogP contribution in [0.15, 0.2) is 53.4 Å². The van der Waals surface area contributed by atoms with Crippen LogP contribution in [0.3, 0.4) is 0 Å². The maximum absolute atomic E-state index is 12.6. The third kappa shape index (κ3) is 2.74. The first-order chi connectivity index (χ1) is 10.5. The number of fused-ring (bicyclic) bond motifs is 1. The minimum Gasteiger partial charge on any atom is -0.508 e. The average Bonchev–Trinajstić information content (AvgIpc) is 2.62. The summed E-state index contributed by atoms with van der Waals surface area (Å²) in [5, 5.41) is 13.2. The fourth-order valence-corrected chi connectivity index (χ4v) is 4.80. The second-order valence-corrected chi connectivity index (χ2v) is 7.62. The summed E-state index contributed by atoms with van der Waals surface area (Å²) in [5.74, 6) is 0.0209. The Hall–Kier alpha value is -1.85. The molecule has 2 atom stereocenters. The highest BCUT2D eigenvalue weighted by molar-refractivity contribution is 7.91. The van der Waals surface area contributed by atoms with Crippen LogP contribution < -0.4 is 5.32 Å². The number of benzene rings is 2. The van der Waals surface area contributed by atoms with E-state index in [9.17, 15) is 13.5 Å².